The number of hydrogen-bond acceptors (Lipinski definition) is 3. The second-order valence-corrected chi connectivity index (χ2v) is 4.30. The van der Waals surface area contributed by atoms with Crippen molar-refractivity contribution >= 4 is 17.6 Å². The van der Waals surface area contributed by atoms with Crippen LogP contribution in [0, 0.1) is 0 Å². The van der Waals surface area contributed by atoms with E-state index in [1.165, 1.54) is 0 Å². The fraction of sp³-hybridized carbons (Fsp3) is 0.429. The molecule has 1 aromatic carbocycles. The van der Waals surface area contributed by atoms with Crippen molar-refractivity contribution in [2.75, 3.05) is 11.9 Å². The number of carboxylic acid groups (broad SMARTS) is 1. The molecule has 0 bridgehead atoms. The molecule has 1 amide bonds. The first-order chi connectivity index (χ1) is 9.13. The van der Waals surface area contributed by atoms with Crippen molar-refractivity contribution in [1.82, 2.24) is 5.32 Å². The molecule has 19 heavy (non-hydrogen) atoms. The topological polar surface area (TPSA) is 78.4 Å². The molecule has 5 heteroatoms. The molecule has 0 aliphatic carbocycles. The number of carbonyl (C=O) groups is 2. The van der Waals surface area contributed by atoms with E-state index in [1.54, 1.807) is 0 Å². The Bertz CT molecular complexity index is 406. The molecule has 0 aliphatic heterocycles. The van der Waals surface area contributed by atoms with Gasteiger partial charge in [-0.05, 0) is 18.6 Å². The highest BCUT2D eigenvalue weighted by atomic mass is 16.4. The number of aliphatic carboxylic acids is 1. The molecule has 1 atom stereocenters. The normalized spacial score (nSPS) is 11.8. The molecule has 1 aromatic rings. The average molecular weight is 264 g/mol. The van der Waals surface area contributed by atoms with Crippen LogP contribution in [0.4, 0.5) is 5.69 Å². The lowest BCUT2D eigenvalue weighted by Gasteiger charge is -2.13. The highest BCUT2D eigenvalue weighted by molar-refractivity contribution is 5.90. The summed E-state index contributed by atoms with van der Waals surface area (Å²) in [5.74, 6) is -0.996. The Morgan fingerprint density at radius 3 is 2.53 bits per heavy atom. The molecule has 3 N–H and O–H groups in total. The number of para-hydroxylation sites is 1. The van der Waals surface area contributed by atoms with Crippen LogP contribution >= 0.6 is 0 Å². The standard InChI is InChI=1S/C14H20N2O3/c1-2-6-12(14(18)19)15-10-9-13(17)16-11-7-4-3-5-8-11/h3-5,7-8,12,15H,2,6,9-10H2,1H3,(H,16,17)(H,18,19). The number of rotatable bonds is 8. The van der Waals surface area contributed by atoms with Gasteiger partial charge >= 0.3 is 5.97 Å². The Kier molecular flexibility index (Phi) is 6.60. The molecule has 0 saturated heterocycles. The maximum atomic E-state index is 11.6. The molecule has 0 radical (unpaired) electrons. The van der Waals surface area contributed by atoms with Crippen LogP contribution in [0.25, 0.3) is 0 Å². The highest BCUT2D eigenvalue weighted by Gasteiger charge is 2.15. The lowest BCUT2D eigenvalue weighted by Crippen LogP contribution is -2.38. The van der Waals surface area contributed by atoms with Crippen LogP contribution in [0.2, 0.25) is 0 Å². The van der Waals surface area contributed by atoms with Crippen molar-refractivity contribution in [3.05, 3.63) is 30.3 Å². The Balaban J connectivity index is 2.28. The third-order valence-corrected chi connectivity index (χ3v) is 2.68. The van der Waals surface area contributed by atoms with Crippen LogP contribution in [-0.4, -0.2) is 29.6 Å². The number of anilines is 1. The monoisotopic (exact) mass is 264 g/mol. The summed E-state index contributed by atoms with van der Waals surface area (Å²) in [6, 6.07) is 8.60. The van der Waals surface area contributed by atoms with Crippen molar-refractivity contribution in [3.63, 3.8) is 0 Å². The van der Waals surface area contributed by atoms with E-state index in [9.17, 15) is 9.59 Å². The van der Waals surface area contributed by atoms with E-state index in [1.807, 2.05) is 37.3 Å². The molecule has 0 heterocycles. The van der Waals surface area contributed by atoms with Crippen molar-refractivity contribution in [3.8, 4) is 0 Å². The maximum Gasteiger partial charge on any atom is 0.320 e. The van der Waals surface area contributed by atoms with Crippen LogP contribution in [0.15, 0.2) is 30.3 Å². The van der Waals surface area contributed by atoms with Gasteiger partial charge in [-0.3, -0.25) is 9.59 Å². The summed E-state index contributed by atoms with van der Waals surface area (Å²) in [6.45, 7) is 2.29. The molecular formula is C14H20N2O3. The Morgan fingerprint density at radius 2 is 1.95 bits per heavy atom. The fourth-order valence-electron chi connectivity index (χ4n) is 1.71. The Hall–Kier alpha value is -1.88. The van der Waals surface area contributed by atoms with E-state index in [4.69, 9.17) is 5.11 Å². The summed E-state index contributed by atoms with van der Waals surface area (Å²) in [5, 5.41) is 14.6. The second-order valence-electron chi connectivity index (χ2n) is 4.30. The number of hydrogen-bond donors (Lipinski definition) is 3. The first-order valence-electron chi connectivity index (χ1n) is 6.44. The Labute approximate surface area is 113 Å². The maximum absolute atomic E-state index is 11.6. The smallest absolute Gasteiger partial charge is 0.320 e. The molecule has 1 rings (SSSR count). The zero-order valence-electron chi connectivity index (χ0n) is 11.1. The minimum Gasteiger partial charge on any atom is -0.480 e. The average Bonchev–Trinajstić information content (AvgIpc) is 2.38. The van der Waals surface area contributed by atoms with Gasteiger partial charge in [0.25, 0.3) is 0 Å². The summed E-state index contributed by atoms with van der Waals surface area (Å²) >= 11 is 0. The van der Waals surface area contributed by atoms with Gasteiger partial charge < -0.3 is 15.7 Å². The number of carbonyl (C=O) groups excluding carboxylic acids is 1. The van der Waals surface area contributed by atoms with E-state index in [2.05, 4.69) is 10.6 Å². The van der Waals surface area contributed by atoms with Gasteiger partial charge in [-0.15, -0.1) is 0 Å². The van der Waals surface area contributed by atoms with Gasteiger partial charge in [-0.25, -0.2) is 0 Å². The van der Waals surface area contributed by atoms with E-state index in [-0.39, 0.29) is 12.3 Å². The molecule has 0 aromatic heterocycles. The van der Waals surface area contributed by atoms with Gasteiger partial charge in [0, 0.05) is 18.7 Å². The van der Waals surface area contributed by atoms with Crippen molar-refractivity contribution in [2.45, 2.75) is 32.2 Å². The van der Waals surface area contributed by atoms with Gasteiger partial charge in [-0.1, -0.05) is 31.5 Å². The summed E-state index contributed by atoms with van der Waals surface area (Å²) in [6.07, 6.45) is 1.61. The quantitative estimate of drug-likeness (QED) is 0.669. The van der Waals surface area contributed by atoms with Gasteiger partial charge in [0.15, 0.2) is 0 Å². The molecule has 0 fully saturated rings. The number of carboxylic acids is 1. The van der Waals surface area contributed by atoms with Crippen molar-refractivity contribution in [1.29, 1.82) is 0 Å². The lowest BCUT2D eigenvalue weighted by molar-refractivity contribution is -0.139. The first-order valence-corrected chi connectivity index (χ1v) is 6.44. The van der Waals surface area contributed by atoms with E-state index >= 15 is 0 Å². The van der Waals surface area contributed by atoms with Crippen LogP contribution in [0.1, 0.15) is 26.2 Å². The molecule has 0 aliphatic rings. The zero-order valence-corrected chi connectivity index (χ0v) is 11.1. The molecule has 0 saturated carbocycles. The SMILES string of the molecule is CCCC(NCCC(=O)Nc1ccccc1)C(=O)O. The van der Waals surface area contributed by atoms with E-state index in [0.717, 1.165) is 12.1 Å². The van der Waals surface area contributed by atoms with Crippen LogP contribution in [-0.2, 0) is 9.59 Å². The second kappa shape index (κ2) is 8.26. The summed E-state index contributed by atoms with van der Waals surface area (Å²) < 4.78 is 0. The molecule has 0 spiro atoms. The third kappa shape index (κ3) is 6.01. The van der Waals surface area contributed by atoms with E-state index < -0.39 is 12.0 Å². The number of benzene rings is 1. The predicted molar refractivity (Wildman–Crippen MR) is 74.0 cm³/mol. The van der Waals surface area contributed by atoms with Crippen molar-refractivity contribution < 1.29 is 14.7 Å². The minimum atomic E-state index is -0.870. The van der Waals surface area contributed by atoms with Gasteiger partial charge in [0.05, 0.1) is 0 Å². The van der Waals surface area contributed by atoms with Crippen LogP contribution in [0.3, 0.4) is 0 Å². The zero-order chi connectivity index (χ0) is 14.1. The van der Waals surface area contributed by atoms with E-state index in [0.29, 0.717) is 13.0 Å². The summed E-state index contributed by atoms with van der Waals surface area (Å²) in [7, 11) is 0. The van der Waals surface area contributed by atoms with Gasteiger partial charge in [0.1, 0.15) is 6.04 Å². The molecule has 1 unspecified atom stereocenters. The van der Waals surface area contributed by atoms with Gasteiger partial charge in [0.2, 0.25) is 5.91 Å². The molecule has 5 nitrogen and oxygen atoms in total. The molecular weight excluding hydrogens is 244 g/mol. The predicted octanol–water partition coefficient (Wildman–Crippen LogP) is 1.86. The third-order valence-electron chi connectivity index (χ3n) is 2.68. The molecule has 104 valence electrons. The highest BCUT2D eigenvalue weighted by Crippen LogP contribution is 2.05. The summed E-state index contributed by atoms with van der Waals surface area (Å²) in [4.78, 5) is 22.5. The number of amides is 1. The lowest BCUT2D eigenvalue weighted by atomic mass is 10.1. The van der Waals surface area contributed by atoms with Crippen molar-refractivity contribution in [2.24, 2.45) is 0 Å². The first kappa shape index (κ1) is 15.2. The fourth-order valence-corrected chi connectivity index (χ4v) is 1.71. The minimum absolute atomic E-state index is 0.126. The largest absolute Gasteiger partial charge is 0.480 e. The number of nitrogens with one attached hydrogen (secondary N) is 2. The van der Waals surface area contributed by atoms with Crippen LogP contribution < -0.4 is 10.6 Å². The Morgan fingerprint density at radius 1 is 1.26 bits per heavy atom. The van der Waals surface area contributed by atoms with Gasteiger partial charge in [-0.2, -0.15) is 0 Å². The summed E-state index contributed by atoms with van der Waals surface area (Å²) in [5.41, 5.74) is 0.746. The van der Waals surface area contributed by atoms with Crippen LogP contribution in [0.5, 0.6) is 0 Å².